The standard InChI is InChI=1S/C14H22BrN3O2/c1-10(2)14(17(3)4)9-16-8-11-5-6-12(15)13(7-11)18(19)20/h5-7,10,14,16H,8-9H2,1-4H3. The molecule has 1 aromatic rings. The molecule has 0 saturated carbocycles. The van der Waals surface area contributed by atoms with E-state index in [9.17, 15) is 10.1 Å². The van der Waals surface area contributed by atoms with E-state index >= 15 is 0 Å². The fourth-order valence-corrected chi connectivity index (χ4v) is 2.58. The van der Waals surface area contributed by atoms with Gasteiger partial charge in [-0.3, -0.25) is 10.1 Å². The Hall–Kier alpha value is -0.980. The first kappa shape index (κ1) is 17.1. The topological polar surface area (TPSA) is 58.4 Å². The van der Waals surface area contributed by atoms with E-state index in [0.29, 0.717) is 23.0 Å². The highest BCUT2D eigenvalue weighted by atomic mass is 79.9. The number of hydrogen-bond donors (Lipinski definition) is 1. The number of benzene rings is 1. The molecule has 0 aliphatic rings. The van der Waals surface area contributed by atoms with Crippen molar-refractivity contribution in [3.63, 3.8) is 0 Å². The molecule has 1 atom stereocenters. The van der Waals surface area contributed by atoms with Crippen molar-refractivity contribution < 1.29 is 4.92 Å². The van der Waals surface area contributed by atoms with E-state index in [-0.39, 0.29) is 10.6 Å². The first-order valence-electron chi connectivity index (χ1n) is 6.63. The predicted octanol–water partition coefficient (Wildman–Crippen LogP) is 3.03. The first-order valence-corrected chi connectivity index (χ1v) is 7.42. The van der Waals surface area contributed by atoms with Gasteiger partial charge in [-0.25, -0.2) is 0 Å². The van der Waals surface area contributed by atoms with Gasteiger partial charge in [0.25, 0.3) is 5.69 Å². The van der Waals surface area contributed by atoms with Gasteiger partial charge in [-0.15, -0.1) is 0 Å². The van der Waals surface area contributed by atoms with Crippen LogP contribution in [0.25, 0.3) is 0 Å². The van der Waals surface area contributed by atoms with Crippen molar-refractivity contribution in [1.82, 2.24) is 10.2 Å². The molecule has 1 unspecified atom stereocenters. The Morgan fingerprint density at radius 2 is 2.05 bits per heavy atom. The number of nitrogens with one attached hydrogen (secondary N) is 1. The van der Waals surface area contributed by atoms with Crippen LogP contribution in [0.2, 0.25) is 0 Å². The summed E-state index contributed by atoms with van der Waals surface area (Å²) in [5.41, 5.74) is 1.03. The van der Waals surface area contributed by atoms with Crippen LogP contribution < -0.4 is 5.32 Å². The van der Waals surface area contributed by atoms with Crippen LogP contribution in [0.3, 0.4) is 0 Å². The Morgan fingerprint density at radius 3 is 2.55 bits per heavy atom. The highest BCUT2D eigenvalue weighted by molar-refractivity contribution is 9.10. The molecule has 6 heteroatoms. The molecular weight excluding hydrogens is 322 g/mol. The Labute approximate surface area is 128 Å². The second-order valence-electron chi connectivity index (χ2n) is 5.45. The summed E-state index contributed by atoms with van der Waals surface area (Å²) in [6.45, 7) is 5.87. The monoisotopic (exact) mass is 343 g/mol. The summed E-state index contributed by atoms with van der Waals surface area (Å²) in [5.74, 6) is 0.553. The highest BCUT2D eigenvalue weighted by Gasteiger charge is 2.16. The molecule has 0 bridgehead atoms. The Bertz CT molecular complexity index is 456. The predicted molar refractivity (Wildman–Crippen MR) is 84.8 cm³/mol. The maximum absolute atomic E-state index is 10.9. The first-order chi connectivity index (χ1) is 9.32. The zero-order chi connectivity index (χ0) is 15.3. The Balaban J connectivity index is 2.62. The summed E-state index contributed by atoms with van der Waals surface area (Å²) >= 11 is 3.19. The molecular formula is C14H22BrN3O2. The lowest BCUT2D eigenvalue weighted by Crippen LogP contribution is -2.41. The molecule has 0 saturated heterocycles. The largest absolute Gasteiger partial charge is 0.311 e. The lowest BCUT2D eigenvalue weighted by molar-refractivity contribution is -0.385. The molecule has 112 valence electrons. The van der Waals surface area contributed by atoms with Gasteiger partial charge in [0.2, 0.25) is 0 Å². The Morgan fingerprint density at radius 1 is 1.40 bits per heavy atom. The van der Waals surface area contributed by atoms with Crippen LogP contribution in [-0.2, 0) is 6.54 Å². The van der Waals surface area contributed by atoms with E-state index in [4.69, 9.17) is 0 Å². The molecule has 0 radical (unpaired) electrons. The number of hydrogen-bond acceptors (Lipinski definition) is 4. The minimum Gasteiger partial charge on any atom is -0.311 e. The van der Waals surface area contributed by atoms with Gasteiger partial charge >= 0.3 is 0 Å². The van der Waals surface area contributed by atoms with E-state index in [1.807, 2.05) is 6.07 Å². The van der Waals surface area contributed by atoms with E-state index in [1.165, 1.54) is 0 Å². The minimum atomic E-state index is -0.371. The summed E-state index contributed by atoms with van der Waals surface area (Å²) in [4.78, 5) is 12.7. The van der Waals surface area contributed by atoms with Crippen LogP contribution in [0.4, 0.5) is 5.69 Å². The van der Waals surface area contributed by atoms with Crippen molar-refractivity contribution in [3.8, 4) is 0 Å². The normalized spacial score (nSPS) is 12.9. The molecule has 1 rings (SSSR count). The van der Waals surface area contributed by atoms with Crippen molar-refractivity contribution in [3.05, 3.63) is 38.3 Å². The molecule has 0 amide bonds. The molecule has 1 aromatic carbocycles. The van der Waals surface area contributed by atoms with Gasteiger partial charge in [-0.1, -0.05) is 19.9 Å². The fraction of sp³-hybridized carbons (Fsp3) is 0.571. The second kappa shape index (κ2) is 7.71. The molecule has 20 heavy (non-hydrogen) atoms. The summed E-state index contributed by atoms with van der Waals surface area (Å²) < 4.78 is 0.514. The summed E-state index contributed by atoms with van der Waals surface area (Å²) in [6, 6.07) is 5.67. The van der Waals surface area contributed by atoms with Gasteiger partial charge in [0, 0.05) is 25.2 Å². The third kappa shape index (κ3) is 4.85. The van der Waals surface area contributed by atoms with Crippen LogP contribution >= 0.6 is 15.9 Å². The average molecular weight is 344 g/mol. The molecule has 0 aromatic heterocycles. The molecule has 5 nitrogen and oxygen atoms in total. The summed E-state index contributed by atoms with van der Waals surface area (Å²) in [5, 5.41) is 14.3. The van der Waals surface area contributed by atoms with Crippen molar-refractivity contribution in [2.24, 2.45) is 5.92 Å². The molecule has 0 spiro atoms. The highest BCUT2D eigenvalue weighted by Crippen LogP contribution is 2.25. The SMILES string of the molecule is CC(C)C(CNCc1ccc(Br)c([N+](=O)[O-])c1)N(C)C. The van der Waals surface area contributed by atoms with Gasteiger partial charge in [-0.05, 0) is 47.6 Å². The number of rotatable bonds is 7. The van der Waals surface area contributed by atoms with Crippen molar-refractivity contribution in [2.75, 3.05) is 20.6 Å². The van der Waals surface area contributed by atoms with Gasteiger partial charge in [0.1, 0.15) is 0 Å². The third-order valence-electron chi connectivity index (χ3n) is 3.32. The maximum atomic E-state index is 10.9. The Kier molecular flexibility index (Phi) is 6.58. The average Bonchev–Trinajstić information content (AvgIpc) is 2.35. The molecule has 0 aliphatic carbocycles. The van der Waals surface area contributed by atoms with Crippen LogP contribution in [0, 0.1) is 16.0 Å². The van der Waals surface area contributed by atoms with Crippen molar-refractivity contribution in [2.45, 2.75) is 26.4 Å². The molecule has 1 N–H and O–H groups in total. The minimum absolute atomic E-state index is 0.109. The smallest absolute Gasteiger partial charge is 0.283 e. The van der Waals surface area contributed by atoms with E-state index in [1.54, 1.807) is 12.1 Å². The number of nitro groups is 1. The van der Waals surface area contributed by atoms with Gasteiger partial charge in [-0.2, -0.15) is 0 Å². The summed E-state index contributed by atoms with van der Waals surface area (Å²) in [6.07, 6.45) is 0. The van der Waals surface area contributed by atoms with Gasteiger partial charge in [0.15, 0.2) is 0 Å². The number of likely N-dealkylation sites (N-methyl/N-ethyl adjacent to an activating group) is 1. The molecule has 0 heterocycles. The zero-order valence-electron chi connectivity index (χ0n) is 12.4. The second-order valence-corrected chi connectivity index (χ2v) is 6.30. The zero-order valence-corrected chi connectivity index (χ0v) is 14.0. The van der Waals surface area contributed by atoms with Crippen LogP contribution in [0.1, 0.15) is 19.4 Å². The van der Waals surface area contributed by atoms with Crippen LogP contribution in [0.15, 0.2) is 22.7 Å². The number of nitrogens with zero attached hydrogens (tertiary/aromatic N) is 2. The van der Waals surface area contributed by atoms with Gasteiger partial charge < -0.3 is 10.2 Å². The summed E-state index contributed by atoms with van der Waals surface area (Å²) in [7, 11) is 4.13. The van der Waals surface area contributed by atoms with E-state index in [2.05, 4.69) is 54.1 Å². The quantitative estimate of drug-likeness (QED) is 0.610. The lowest BCUT2D eigenvalue weighted by Gasteiger charge is -2.28. The van der Waals surface area contributed by atoms with E-state index in [0.717, 1.165) is 12.1 Å². The lowest BCUT2D eigenvalue weighted by atomic mass is 10.0. The third-order valence-corrected chi connectivity index (χ3v) is 3.99. The van der Waals surface area contributed by atoms with E-state index < -0.39 is 0 Å². The van der Waals surface area contributed by atoms with Crippen LogP contribution in [0.5, 0.6) is 0 Å². The van der Waals surface area contributed by atoms with Crippen molar-refractivity contribution >= 4 is 21.6 Å². The number of nitro benzene ring substituents is 1. The molecule has 0 aliphatic heterocycles. The van der Waals surface area contributed by atoms with Crippen LogP contribution in [-0.4, -0.2) is 36.5 Å². The fourth-order valence-electron chi connectivity index (χ4n) is 2.19. The molecule has 0 fully saturated rings. The van der Waals surface area contributed by atoms with Gasteiger partial charge in [0.05, 0.1) is 9.40 Å². The maximum Gasteiger partial charge on any atom is 0.283 e. The number of halogens is 1. The van der Waals surface area contributed by atoms with Crippen molar-refractivity contribution in [1.29, 1.82) is 0 Å².